The summed E-state index contributed by atoms with van der Waals surface area (Å²) in [6, 6.07) is 23.4. The summed E-state index contributed by atoms with van der Waals surface area (Å²) in [7, 11) is 5.96. The predicted octanol–water partition coefficient (Wildman–Crippen LogP) is 10.4. The van der Waals surface area contributed by atoms with E-state index in [1.54, 1.807) is 21.1 Å². The van der Waals surface area contributed by atoms with Crippen LogP contribution in [0.5, 0.6) is 0 Å². The Hall–Kier alpha value is -4.53. The van der Waals surface area contributed by atoms with Gasteiger partial charge in [0.2, 0.25) is 0 Å². The SMILES string of the molecule is COC(=S)Cl.COCC1(C)NC(=O)C(c2c(C)cc(-c3ccc(Cl)cc3)cc2C)=C1O.COCC1(C)NC(=O)C(c2c(C)cc(-c3ccc(Cl)cc3)cc2C)=C1OC(=S)OC. The number of aryl methyl sites for hydroxylation is 4. The Kier molecular flexibility index (Phi) is 16.9. The monoisotopic (exact) mass is 926 g/mol. The van der Waals surface area contributed by atoms with Crippen LogP contribution in [-0.4, -0.2) is 79.4 Å². The third-order valence-corrected chi connectivity index (χ3v) is 11.1. The summed E-state index contributed by atoms with van der Waals surface area (Å²) in [6.07, 6.45) is 0. The van der Waals surface area contributed by atoms with Gasteiger partial charge in [0.1, 0.15) is 22.6 Å². The number of benzene rings is 4. The van der Waals surface area contributed by atoms with Gasteiger partial charge in [-0.3, -0.25) is 9.59 Å². The molecule has 4 aromatic rings. The summed E-state index contributed by atoms with van der Waals surface area (Å²) < 4.78 is 25.6. The van der Waals surface area contributed by atoms with Gasteiger partial charge in [0, 0.05) is 36.5 Å². The zero-order valence-corrected chi connectivity index (χ0v) is 39.5. The van der Waals surface area contributed by atoms with Crippen LogP contribution in [0.15, 0.2) is 84.3 Å². The standard InChI is InChI=1S/C23H24ClNO4S.C21H22ClNO3.C2H3ClOS/c1-13-10-16(15-6-8-17(24)9-7-15)11-14(2)18(13)19-20(29-22(30)28-5)23(3,12-27-4)25-21(19)26;1-12-9-15(14-5-7-16(22)8-6-14)10-13(2)17(12)18-19(24)21(3,11-26-4)23-20(18)25;1-4-2(3)5/h6-11H,12H2,1-5H3,(H,25,26);5-10,24H,11H2,1-4H3,(H,23,25);1H3. The lowest BCUT2D eigenvalue weighted by Gasteiger charge is -2.26. The quantitative estimate of drug-likeness (QED) is 0.110. The smallest absolute Gasteiger partial charge is 0.357 e. The van der Waals surface area contributed by atoms with Crippen LogP contribution in [0.2, 0.25) is 10.0 Å². The summed E-state index contributed by atoms with van der Waals surface area (Å²) in [5.74, 6) is -0.108. The second kappa shape index (κ2) is 21.0. The Morgan fingerprint density at radius 2 is 0.984 bits per heavy atom. The number of thiocarbonyl (C=S) groups is 2. The molecule has 2 amide bonds. The van der Waals surface area contributed by atoms with Crippen molar-refractivity contribution in [3.05, 3.63) is 128 Å². The van der Waals surface area contributed by atoms with Gasteiger partial charge >= 0.3 is 5.24 Å². The van der Waals surface area contributed by atoms with Crippen LogP contribution in [-0.2, 0) is 33.3 Å². The Bertz CT molecular complexity index is 2340. The highest BCUT2D eigenvalue weighted by Gasteiger charge is 2.46. The van der Waals surface area contributed by atoms with E-state index in [0.29, 0.717) is 27.0 Å². The van der Waals surface area contributed by atoms with Gasteiger partial charge in [0.15, 0.2) is 0 Å². The van der Waals surface area contributed by atoms with Crippen molar-refractivity contribution in [2.45, 2.75) is 52.6 Å². The maximum absolute atomic E-state index is 13.0. The number of ether oxygens (including phenoxy) is 5. The Morgan fingerprint density at radius 1 is 0.623 bits per heavy atom. The molecular formula is C46H49Cl3N2O8S2. The summed E-state index contributed by atoms with van der Waals surface area (Å²) >= 11 is 26.3. The molecule has 0 aliphatic carbocycles. The van der Waals surface area contributed by atoms with Crippen molar-refractivity contribution in [1.29, 1.82) is 0 Å². The van der Waals surface area contributed by atoms with E-state index in [-0.39, 0.29) is 40.5 Å². The van der Waals surface area contributed by atoms with Crippen molar-refractivity contribution in [3.8, 4) is 22.3 Å². The molecule has 0 saturated heterocycles. The van der Waals surface area contributed by atoms with E-state index in [1.807, 2.05) is 107 Å². The summed E-state index contributed by atoms with van der Waals surface area (Å²) in [6.45, 7) is 11.9. The highest BCUT2D eigenvalue weighted by Crippen LogP contribution is 2.40. The largest absolute Gasteiger partial charge is 0.509 e. The van der Waals surface area contributed by atoms with E-state index in [9.17, 15) is 14.7 Å². The zero-order valence-electron chi connectivity index (χ0n) is 35.6. The predicted molar refractivity (Wildman–Crippen MR) is 252 cm³/mol. The summed E-state index contributed by atoms with van der Waals surface area (Å²) in [4.78, 5) is 25.6. The number of amides is 2. The summed E-state index contributed by atoms with van der Waals surface area (Å²) in [5.41, 5.74) is 8.46. The zero-order chi connectivity index (χ0) is 45.4. The fourth-order valence-corrected chi connectivity index (χ4v) is 7.70. The number of nitrogens with one attached hydrogen (secondary N) is 2. The molecule has 2 aliphatic heterocycles. The normalized spacial score (nSPS) is 18.0. The number of aliphatic hydroxyl groups is 1. The topological polar surface area (TPSA) is 125 Å². The molecule has 0 radical (unpaired) electrons. The van der Waals surface area contributed by atoms with Crippen LogP contribution >= 0.6 is 59.2 Å². The highest BCUT2D eigenvalue weighted by atomic mass is 35.5. The number of hydrogen-bond acceptors (Lipinski definition) is 10. The second-order valence-electron chi connectivity index (χ2n) is 14.8. The fraction of sp³-hybridized carbons (Fsp3) is 0.304. The van der Waals surface area contributed by atoms with Gasteiger partial charge in [-0.1, -0.05) is 71.7 Å². The van der Waals surface area contributed by atoms with Crippen LogP contribution in [0.1, 0.15) is 47.2 Å². The third-order valence-electron chi connectivity index (χ3n) is 10.0. The molecule has 6 rings (SSSR count). The molecule has 61 heavy (non-hydrogen) atoms. The van der Waals surface area contributed by atoms with Crippen molar-refractivity contribution in [2.24, 2.45) is 0 Å². The van der Waals surface area contributed by atoms with Crippen molar-refractivity contribution in [3.63, 3.8) is 0 Å². The minimum Gasteiger partial charge on any atom is -0.509 e. The van der Waals surface area contributed by atoms with Gasteiger partial charge < -0.3 is 39.4 Å². The molecule has 2 aliphatic rings. The van der Waals surface area contributed by atoms with E-state index in [4.69, 9.17) is 66.0 Å². The first-order valence-corrected chi connectivity index (χ1v) is 20.7. The van der Waals surface area contributed by atoms with Crippen LogP contribution in [0.25, 0.3) is 33.4 Å². The fourth-order valence-electron chi connectivity index (χ4n) is 7.37. The lowest BCUT2D eigenvalue weighted by Crippen LogP contribution is -2.46. The molecule has 2 atom stereocenters. The van der Waals surface area contributed by atoms with Crippen LogP contribution in [0.4, 0.5) is 0 Å². The van der Waals surface area contributed by atoms with Gasteiger partial charge in [-0.2, -0.15) is 0 Å². The molecule has 0 fully saturated rings. The average Bonchev–Trinajstić information content (AvgIpc) is 3.56. The lowest BCUT2D eigenvalue weighted by molar-refractivity contribution is -0.117. The van der Waals surface area contributed by atoms with Gasteiger partial charge in [-0.05, 0) is 145 Å². The van der Waals surface area contributed by atoms with Gasteiger partial charge in [0.25, 0.3) is 16.3 Å². The number of rotatable bonds is 9. The van der Waals surface area contributed by atoms with Crippen molar-refractivity contribution < 1.29 is 38.4 Å². The molecule has 2 unspecified atom stereocenters. The van der Waals surface area contributed by atoms with Crippen molar-refractivity contribution >= 4 is 91.9 Å². The number of carbonyl (C=O) groups is 2. The van der Waals surface area contributed by atoms with E-state index >= 15 is 0 Å². The minimum absolute atomic E-state index is 0.0230. The molecule has 0 saturated carbocycles. The third kappa shape index (κ3) is 11.5. The molecule has 2 heterocycles. The molecule has 4 aromatic carbocycles. The van der Waals surface area contributed by atoms with Gasteiger partial charge in [-0.25, -0.2) is 0 Å². The first-order chi connectivity index (χ1) is 28.7. The molecule has 324 valence electrons. The number of hydrogen-bond donors (Lipinski definition) is 3. The first kappa shape index (κ1) is 49.1. The average molecular weight is 928 g/mol. The van der Waals surface area contributed by atoms with E-state index in [1.165, 1.54) is 14.2 Å². The van der Waals surface area contributed by atoms with Crippen molar-refractivity contribution in [2.75, 3.05) is 41.7 Å². The molecule has 0 spiro atoms. The number of methoxy groups -OCH3 is 4. The van der Waals surface area contributed by atoms with Crippen LogP contribution in [0, 0.1) is 27.7 Å². The van der Waals surface area contributed by atoms with E-state index in [2.05, 4.69) is 27.6 Å². The minimum atomic E-state index is -0.908. The summed E-state index contributed by atoms with van der Waals surface area (Å²) in [5, 5.41) is 17.9. The Balaban J connectivity index is 0.000000244. The molecule has 3 N–H and O–H groups in total. The van der Waals surface area contributed by atoms with Crippen molar-refractivity contribution in [1.82, 2.24) is 10.6 Å². The molecule has 0 bridgehead atoms. The number of halogens is 3. The molecule has 10 nitrogen and oxygen atoms in total. The van der Waals surface area contributed by atoms with E-state index < -0.39 is 11.1 Å². The molecule has 15 heteroatoms. The maximum atomic E-state index is 13.0. The number of aliphatic hydroxyl groups excluding tert-OH is 1. The van der Waals surface area contributed by atoms with Gasteiger partial charge in [-0.15, -0.1) is 0 Å². The second-order valence-corrected chi connectivity index (χ2v) is 17.0. The molecular weight excluding hydrogens is 879 g/mol. The molecule has 0 aromatic heterocycles. The highest BCUT2D eigenvalue weighted by molar-refractivity contribution is 7.82. The Labute approximate surface area is 383 Å². The van der Waals surface area contributed by atoms with Gasteiger partial charge in [0.05, 0.1) is 38.6 Å². The Morgan fingerprint density at radius 3 is 1.36 bits per heavy atom. The first-order valence-electron chi connectivity index (χ1n) is 18.8. The lowest BCUT2D eigenvalue weighted by atomic mass is 9.89. The number of carbonyl (C=O) groups excluding carboxylic acids is 2. The van der Waals surface area contributed by atoms with E-state index in [0.717, 1.165) is 55.6 Å². The van der Waals surface area contributed by atoms with Crippen LogP contribution < -0.4 is 10.6 Å². The van der Waals surface area contributed by atoms with Crippen LogP contribution in [0.3, 0.4) is 0 Å². The maximum Gasteiger partial charge on any atom is 0.357 e.